The quantitative estimate of drug-likeness (QED) is 0.381. The molecule has 76 valence electrons. The molecule has 0 atom stereocenters. The van der Waals surface area contributed by atoms with Gasteiger partial charge < -0.3 is 4.74 Å². The van der Waals surface area contributed by atoms with Gasteiger partial charge in [-0.2, -0.15) is 0 Å². The van der Waals surface area contributed by atoms with Gasteiger partial charge in [0.2, 0.25) is 0 Å². The van der Waals surface area contributed by atoms with Gasteiger partial charge in [0.1, 0.15) is 0 Å². The average Bonchev–Trinajstić information content (AvgIpc) is 2.25. The molecule has 0 saturated heterocycles. The third-order valence-corrected chi connectivity index (χ3v) is 2.23. The zero-order valence-corrected chi connectivity index (χ0v) is 8.35. The number of hydrogen-bond donors (Lipinski definition) is 0. The van der Waals surface area contributed by atoms with E-state index < -0.39 is 0 Å². The maximum atomic E-state index is 5.46. The van der Waals surface area contributed by atoms with Gasteiger partial charge in [0.05, 0.1) is 12.6 Å². The van der Waals surface area contributed by atoms with Crippen LogP contribution in [-0.2, 0) is 4.74 Å². The van der Waals surface area contributed by atoms with Crippen molar-refractivity contribution in [3.8, 4) is 12.5 Å². The van der Waals surface area contributed by atoms with Crippen LogP contribution in [0.15, 0.2) is 9.98 Å². The van der Waals surface area contributed by atoms with Crippen molar-refractivity contribution in [2.75, 3.05) is 6.54 Å². The van der Waals surface area contributed by atoms with E-state index in [1.807, 2.05) is 0 Å². The predicted molar refractivity (Wildman–Crippen MR) is 58.6 cm³/mol. The van der Waals surface area contributed by atoms with Crippen molar-refractivity contribution in [2.45, 2.75) is 38.2 Å². The lowest BCUT2D eigenvalue weighted by atomic mass is 9.98. The molecule has 1 saturated carbocycles. The second-order valence-corrected chi connectivity index (χ2v) is 3.31. The van der Waals surface area contributed by atoms with Crippen LogP contribution in [0.5, 0.6) is 0 Å². The van der Waals surface area contributed by atoms with E-state index >= 15 is 0 Å². The first-order valence-corrected chi connectivity index (χ1v) is 5.04. The molecule has 14 heavy (non-hydrogen) atoms. The fourth-order valence-electron chi connectivity index (χ4n) is 1.51. The number of hydrogen-bond acceptors (Lipinski definition) is 3. The Morgan fingerprint density at radius 3 is 2.86 bits per heavy atom. The standard InChI is InChI=1S/C11H16N2O/c1-2-12-8-9-13-10-14-11-6-4-3-5-7-11/h1,8,10-11H,3-7,9H2. The third-order valence-electron chi connectivity index (χ3n) is 2.23. The second kappa shape index (κ2) is 7.14. The van der Waals surface area contributed by atoms with Gasteiger partial charge in [0.15, 0.2) is 6.40 Å². The highest BCUT2D eigenvalue weighted by molar-refractivity contribution is 5.63. The van der Waals surface area contributed by atoms with Crippen LogP contribution in [0.25, 0.3) is 0 Å². The first-order chi connectivity index (χ1) is 6.93. The lowest BCUT2D eigenvalue weighted by molar-refractivity contribution is 0.151. The molecule has 0 amide bonds. The molecule has 0 N–H and O–H groups in total. The molecule has 0 radical (unpaired) electrons. The van der Waals surface area contributed by atoms with Crippen molar-refractivity contribution in [2.24, 2.45) is 9.98 Å². The first kappa shape index (κ1) is 10.8. The average molecular weight is 192 g/mol. The Kier molecular flexibility index (Phi) is 5.49. The number of terminal acetylenes is 1. The van der Waals surface area contributed by atoms with E-state index in [-0.39, 0.29) is 0 Å². The number of aliphatic imine (C=N–C) groups is 2. The Labute approximate surface area is 85.3 Å². The van der Waals surface area contributed by atoms with E-state index in [1.165, 1.54) is 25.7 Å². The SMILES string of the molecule is C#CN=CCN=COC1CCCCC1. The van der Waals surface area contributed by atoms with Gasteiger partial charge in [-0.25, -0.2) is 4.99 Å². The molecule has 3 heteroatoms. The summed E-state index contributed by atoms with van der Waals surface area (Å²) in [5.41, 5.74) is 0. The Morgan fingerprint density at radius 2 is 2.14 bits per heavy atom. The summed E-state index contributed by atoms with van der Waals surface area (Å²) >= 11 is 0. The fraction of sp³-hybridized carbons (Fsp3) is 0.636. The van der Waals surface area contributed by atoms with Gasteiger partial charge in [-0.15, -0.1) is 0 Å². The van der Waals surface area contributed by atoms with Crippen LogP contribution < -0.4 is 0 Å². The Morgan fingerprint density at radius 1 is 1.36 bits per heavy atom. The zero-order valence-electron chi connectivity index (χ0n) is 8.35. The monoisotopic (exact) mass is 192 g/mol. The summed E-state index contributed by atoms with van der Waals surface area (Å²) in [6.45, 7) is 0.497. The van der Waals surface area contributed by atoms with Gasteiger partial charge in [-0.3, -0.25) is 4.99 Å². The molecule has 1 aliphatic carbocycles. The Balaban J connectivity index is 2.07. The smallest absolute Gasteiger partial charge is 0.170 e. The highest BCUT2D eigenvalue weighted by Crippen LogP contribution is 2.19. The molecule has 1 rings (SSSR count). The van der Waals surface area contributed by atoms with Crippen molar-refractivity contribution in [3.63, 3.8) is 0 Å². The topological polar surface area (TPSA) is 34.0 Å². The molecule has 0 aromatic carbocycles. The Hall–Kier alpha value is -1.30. The first-order valence-electron chi connectivity index (χ1n) is 5.04. The maximum absolute atomic E-state index is 5.46. The minimum absolute atomic E-state index is 0.372. The molecule has 0 unspecified atom stereocenters. The highest BCUT2D eigenvalue weighted by atomic mass is 16.5. The van der Waals surface area contributed by atoms with E-state index in [9.17, 15) is 0 Å². The molecule has 0 spiro atoms. The van der Waals surface area contributed by atoms with Crippen LogP contribution in [0, 0.1) is 12.5 Å². The fourth-order valence-corrected chi connectivity index (χ4v) is 1.51. The summed E-state index contributed by atoms with van der Waals surface area (Å²) in [6, 6.07) is 2.16. The summed E-state index contributed by atoms with van der Waals surface area (Å²) in [7, 11) is 0. The van der Waals surface area contributed by atoms with Crippen molar-refractivity contribution in [1.82, 2.24) is 0 Å². The molecule has 1 aliphatic rings. The van der Waals surface area contributed by atoms with E-state index in [4.69, 9.17) is 11.2 Å². The van der Waals surface area contributed by atoms with Gasteiger partial charge in [0, 0.05) is 12.3 Å². The summed E-state index contributed by atoms with van der Waals surface area (Å²) in [4.78, 5) is 7.60. The van der Waals surface area contributed by atoms with Crippen molar-refractivity contribution in [1.29, 1.82) is 0 Å². The van der Waals surface area contributed by atoms with Crippen LogP contribution in [0.2, 0.25) is 0 Å². The van der Waals surface area contributed by atoms with Crippen LogP contribution in [-0.4, -0.2) is 25.3 Å². The molecule has 1 fully saturated rings. The molecule has 0 heterocycles. The summed E-state index contributed by atoms with van der Waals surface area (Å²) in [5, 5.41) is 0. The lowest BCUT2D eigenvalue weighted by Crippen LogP contribution is -2.15. The summed E-state index contributed by atoms with van der Waals surface area (Å²) in [6.07, 6.45) is 14.6. The van der Waals surface area contributed by atoms with Gasteiger partial charge in [-0.1, -0.05) is 12.8 Å². The number of ether oxygens (including phenoxy) is 1. The molecular formula is C11H16N2O. The number of nitrogens with zero attached hydrogens (tertiary/aromatic N) is 2. The van der Waals surface area contributed by atoms with Crippen molar-refractivity contribution >= 4 is 12.6 Å². The van der Waals surface area contributed by atoms with E-state index in [0.29, 0.717) is 12.6 Å². The van der Waals surface area contributed by atoms with Gasteiger partial charge in [0.25, 0.3) is 0 Å². The van der Waals surface area contributed by atoms with E-state index in [0.717, 1.165) is 12.8 Å². The molecular weight excluding hydrogens is 176 g/mol. The van der Waals surface area contributed by atoms with Gasteiger partial charge >= 0.3 is 0 Å². The summed E-state index contributed by atoms with van der Waals surface area (Å²) < 4.78 is 5.46. The molecule has 0 bridgehead atoms. The third kappa shape index (κ3) is 4.66. The van der Waals surface area contributed by atoms with Crippen LogP contribution in [0.1, 0.15) is 32.1 Å². The highest BCUT2D eigenvalue weighted by Gasteiger charge is 2.12. The Bertz CT molecular complexity index is 234. The normalized spacial score (nSPS) is 18.8. The predicted octanol–water partition coefficient (Wildman–Crippen LogP) is 2.03. The van der Waals surface area contributed by atoms with E-state index in [2.05, 4.69) is 16.0 Å². The van der Waals surface area contributed by atoms with E-state index in [1.54, 1.807) is 6.21 Å². The minimum atomic E-state index is 0.372. The second-order valence-electron chi connectivity index (χ2n) is 3.31. The molecule has 3 nitrogen and oxygen atoms in total. The molecule has 0 aliphatic heterocycles. The van der Waals surface area contributed by atoms with Crippen LogP contribution in [0.3, 0.4) is 0 Å². The van der Waals surface area contributed by atoms with Crippen LogP contribution >= 0.6 is 0 Å². The lowest BCUT2D eigenvalue weighted by Gasteiger charge is -2.20. The van der Waals surface area contributed by atoms with Gasteiger partial charge in [-0.05, 0) is 25.7 Å². The van der Waals surface area contributed by atoms with Crippen molar-refractivity contribution in [3.05, 3.63) is 0 Å². The molecule has 0 aromatic heterocycles. The van der Waals surface area contributed by atoms with Crippen LogP contribution in [0.4, 0.5) is 0 Å². The number of rotatable bonds is 4. The molecule has 0 aromatic rings. The maximum Gasteiger partial charge on any atom is 0.170 e. The van der Waals surface area contributed by atoms with Crippen molar-refractivity contribution < 1.29 is 4.74 Å². The minimum Gasteiger partial charge on any atom is -0.480 e. The summed E-state index contributed by atoms with van der Waals surface area (Å²) in [5.74, 6) is 0. The largest absolute Gasteiger partial charge is 0.480 e. The zero-order chi connectivity index (χ0) is 10.1.